The van der Waals surface area contributed by atoms with E-state index >= 15 is 0 Å². The van der Waals surface area contributed by atoms with E-state index in [4.69, 9.17) is 16.7 Å². The number of aromatic nitrogens is 1. The number of rotatable bonds is 7. The highest BCUT2D eigenvalue weighted by molar-refractivity contribution is 6.33. The van der Waals surface area contributed by atoms with Crippen molar-refractivity contribution in [2.24, 2.45) is 5.41 Å². The van der Waals surface area contributed by atoms with Crippen LogP contribution in [0.15, 0.2) is 18.5 Å². The first kappa shape index (κ1) is 16.4. The lowest BCUT2D eigenvalue weighted by Crippen LogP contribution is -2.28. The molecule has 20 heavy (non-hydrogen) atoms. The molecule has 0 aromatic carbocycles. The third-order valence-electron chi connectivity index (χ3n) is 3.12. The third-order valence-corrected chi connectivity index (χ3v) is 3.42. The van der Waals surface area contributed by atoms with Crippen molar-refractivity contribution in [3.63, 3.8) is 0 Å². The lowest BCUT2D eigenvalue weighted by Gasteiger charge is -2.23. The van der Waals surface area contributed by atoms with Crippen molar-refractivity contribution in [1.82, 2.24) is 10.3 Å². The molecule has 0 unspecified atom stereocenters. The van der Waals surface area contributed by atoms with Crippen molar-refractivity contribution in [3.05, 3.63) is 29.0 Å². The third kappa shape index (κ3) is 5.57. The smallest absolute Gasteiger partial charge is 0.303 e. The lowest BCUT2D eigenvalue weighted by molar-refractivity contribution is -0.137. The predicted molar refractivity (Wildman–Crippen MR) is 76.8 cm³/mol. The van der Waals surface area contributed by atoms with Gasteiger partial charge in [0.25, 0.3) is 5.91 Å². The Balaban J connectivity index is 2.42. The van der Waals surface area contributed by atoms with Crippen LogP contribution in [-0.4, -0.2) is 28.5 Å². The fourth-order valence-corrected chi connectivity index (χ4v) is 1.94. The molecule has 2 N–H and O–H groups in total. The largest absolute Gasteiger partial charge is 0.481 e. The van der Waals surface area contributed by atoms with Crippen LogP contribution in [0.5, 0.6) is 0 Å². The summed E-state index contributed by atoms with van der Waals surface area (Å²) in [6.45, 7) is 4.45. The Morgan fingerprint density at radius 3 is 2.70 bits per heavy atom. The van der Waals surface area contributed by atoms with Crippen LogP contribution in [0.25, 0.3) is 0 Å². The standard InChI is InChI=1S/C14H19ClN2O3/c1-14(2,5-3-12(18)19)6-8-17-13(20)10-4-7-16-9-11(10)15/h4,7,9H,3,5-6,8H2,1-2H3,(H,17,20)(H,18,19). The fraction of sp³-hybridized carbons (Fsp3) is 0.500. The number of carboxylic acid groups (broad SMARTS) is 1. The number of aliphatic carboxylic acids is 1. The van der Waals surface area contributed by atoms with Crippen LogP contribution < -0.4 is 5.32 Å². The molecular formula is C14H19ClN2O3. The first-order valence-corrected chi connectivity index (χ1v) is 6.79. The summed E-state index contributed by atoms with van der Waals surface area (Å²) < 4.78 is 0. The number of hydrogen-bond acceptors (Lipinski definition) is 3. The first-order valence-electron chi connectivity index (χ1n) is 6.41. The van der Waals surface area contributed by atoms with Crippen molar-refractivity contribution < 1.29 is 14.7 Å². The molecule has 0 saturated carbocycles. The number of hydrogen-bond donors (Lipinski definition) is 2. The van der Waals surface area contributed by atoms with Crippen molar-refractivity contribution in [2.45, 2.75) is 33.1 Å². The highest BCUT2D eigenvalue weighted by Crippen LogP contribution is 2.26. The molecular weight excluding hydrogens is 280 g/mol. The minimum atomic E-state index is -0.800. The monoisotopic (exact) mass is 298 g/mol. The number of carboxylic acids is 1. The van der Waals surface area contributed by atoms with E-state index in [1.165, 1.54) is 12.4 Å². The Hall–Kier alpha value is -1.62. The van der Waals surface area contributed by atoms with Crippen LogP contribution >= 0.6 is 11.6 Å². The van der Waals surface area contributed by atoms with Gasteiger partial charge < -0.3 is 10.4 Å². The van der Waals surface area contributed by atoms with E-state index in [-0.39, 0.29) is 17.7 Å². The Kier molecular flexibility index (Phi) is 5.95. The van der Waals surface area contributed by atoms with E-state index < -0.39 is 5.97 Å². The van der Waals surface area contributed by atoms with E-state index in [1.807, 2.05) is 13.8 Å². The van der Waals surface area contributed by atoms with Gasteiger partial charge in [0.1, 0.15) is 0 Å². The van der Waals surface area contributed by atoms with Gasteiger partial charge in [-0.25, -0.2) is 0 Å². The summed E-state index contributed by atoms with van der Waals surface area (Å²) in [6, 6.07) is 1.56. The molecule has 5 nitrogen and oxygen atoms in total. The normalized spacial score (nSPS) is 11.2. The van der Waals surface area contributed by atoms with Gasteiger partial charge in [0, 0.05) is 25.4 Å². The second kappa shape index (κ2) is 7.24. The lowest BCUT2D eigenvalue weighted by atomic mass is 9.84. The van der Waals surface area contributed by atoms with E-state index in [1.54, 1.807) is 6.07 Å². The molecule has 0 atom stereocenters. The van der Waals surface area contributed by atoms with E-state index in [2.05, 4.69) is 10.3 Å². The minimum Gasteiger partial charge on any atom is -0.481 e. The zero-order valence-electron chi connectivity index (χ0n) is 11.6. The summed E-state index contributed by atoms with van der Waals surface area (Å²) in [5, 5.41) is 11.8. The minimum absolute atomic E-state index is 0.131. The van der Waals surface area contributed by atoms with Gasteiger partial charge in [-0.15, -0.1) is 0 Å². The second-order valence-corrected chi connectivity index (χ2v) is 5.83. The van der Waals surface area contributed by atoms with Crippen molar-refractivity contribution >= 4 is 23.5 Å². The van der Waals surface area contributed by atoms with Gasteiger partial charge >= 0.3 is 5.97 Å². The first-order chi connectivity index (χ1) is 9.32. The van der Waals surface area contributed by atoms with Gasteiger partial charge in [0.05, 0.1) is 10.6 Å². The molecule has 0 spiro atoms. The van der Waals surface area contributed by atoms with Gasteiger partial charge in [-0.1, -0.05) is 25.4 Å². The predicted octanol–water partition coefficient (Wildman–Crippen LogP) is 2.75. The molecule has 0 aliphatic carbocycles. The summed E-state index contributed by atoms with van der Waals surface area (Å²) in [4.78, 5) is 26.3. The zero-order valence-corrected chi connectivity index (χ0v) is 12.4. The summed E-state index contributed by atoms with van der Waals surface area (Å²) in [7, 11) is 0. The number of carbonyl (C=O) groups is 2. The molecule has 0 fully saturated rings. The number of nitrogens with one attached hydrogen (secondary N) is 1. The van der Waals surface area contributed by atoms with Gasteiger partial charge in [0.15, 0.2) is 0 Å². The van der Waals surface area contributed by atoms with Gasteiger partial charge in [-0.2, -0.15) is 0 Å². The van der Waals surface area contributed by atoms with Crippen LogP contribution in [0, 0.1) is 5.41 Å². The molecule has 1 heterocycles. The van der Waals surface area contributed by atoms with E-state index in [0.717, 1.165) is 0 Å². The number of halogens is 1. The molecule has 0 aliphatic rings. The number of carbonyl (C=O) groups excluding carboxylic acids is 1. The van der Waals surface area contributed by atoms with Crippen molar-refractivity contribution in [3.8, 4) is 0 Å². The number of pyridine rings is 1. The average molecular weight is 299 g/mol. The average Bonchev–Trinajstić information content (AvgIpc) is 2.37. The molecule has 0 bridgehead atoms. The quantitative estimate of drug-likeness (QED) is 0.811. The van der Waals surface area contributed by atoms with Gasteiger partial charge in [0.2, 0.25) is 0 Å². The fourth-order valence-electron chi connectivity index (χ4n) is 1.74. The Morgan fingerprint density at radius 2 is 2.10 bits per heavy atom. The van der Waals surface area contributed by atoms with E-state index in [9.17, 15) is 9.59 Å². The molecule has 1 rings (SSSR count). The summed E-state index contributed by atoms with van der Waals surface area (Å²) in [6.07, 6.45) is 4.35. The maximum absolute atomic E-state index is 11.9. The maximum atomic E-state index is 11.9. The Labute approximate surface area is 123 Å². The topological polar surface area (TPSA) is 79.3 Å². The van der Waals surface area contributed by atoms with Gasteiger partial charge in [-0.05, 0) is 24.3 Å². The molecule has 0 saturated heterocycles. The molecule has 1 amide bonds. The number of nitrogens with zero attached hydrogens (tertiary/aromatic N) is 1. The second-order valence-electron chi connectivity index (χ2n) is 5.42. The summed E-state index contributed by atoms with van der Waals surface area (Å²) >= 11 is 5.88. The molecule has 0 radical (unpaired) electrons. The van der Waals surface area contributed by atoms with Crippen LogP contribution in [0.3, 0.4) is 0 Å². The van der Waals surface area contributed by atoms with Crippen LogP contribution in [0.1, 0.15) is 43.5 Å². The SMILES string of the molecule is CC(C)(CCNC(=O)c1ccncc1Cl)CCC(=O)O. The highest BCUT2D eigenvalue weighted by atomic mass is 35.5. The molecule has 110 valence electrons. The van der Waals surface area contributed by atoms with Gasteiger partial charge in [-0.3, -0.25) is 14.6 Å². The highest BCUT2D eigenvalue weighted by Gasteiger charge is 2.19. The van der Waals surface area contributed by atoms with Crippen molar-refractivity contribution in [2.75, 3.05) is 6.54 Å². The van der Waals surface area contributed by atoms with Crippen molar-refractivity contribution in [1.29, 1.82) is 0 Å². The maximum Gasteiger partial charge on any atom is 0.303 e. The van der Waals surface area contributed by atoms with Crippen LogP contribution in [0.2, 0.25) is 5.02 Å². The summed E-state index contributed by atoms with van der Waals surface area (Å²) in [5.74, 6) is -1.04. The molecule has 1 aromatic heterocycles. The molecule has 1 aromatic rings. The van der Waals surface area contributed by atoms with Crippen LogP contribution in [-0.2, 0) is 4.79 Å². The Bertz CT molecular complexity index is 489. The Morgan fingerprint density at radius 1 is 1.40 bits per heavy atom. The number of amides is 1. The van der Waals surface area contributed by atoms with E-state index in [0.29, 0.717) is 30.0 Å². The molecule has 6 heteroatoms. The van der Waals surface area contributed by atoms with Crippen LogP contribution in [0.4, 0.5) is 0 Å². The molecule has 0 aliphatic heterocycles. The summed E-state index contributed by atoms with van der Waals surface area (Å²) in [5.41, 5.74) is 0.262. The zero-order chi connectivity index (χ0) is 15.2.